The van der Waals surface area contributed by atoms with Gasteiger partial charge in [-0.05, 0) is 36.1 Å². The van der Waals surface area contributed by atoms with E-state index in [1.54, 1.807) is 19.1 Å². The summed E-state index contributed by atoms with van der Waals surface area (Å²) in [5.41, 5.74) is 2.60. The predicted octanol–water partition coefficient (Wildman–Crippen LogP) is 3.81. The highest BCUT2D eigenvalue weighted by atomic mass is 16.5. The lowest BCUT2D eigenvalue weighted by molar-refractivity contribution is -0.137. The third-order valence-electron chi connectivity index (χ3n) is 3.94. The number of benzene rings is 2. The molecular formula is C20H23NO4. The molecule has 2 atom stereocenters. The lowest BCUT2D eigenvalue weighted by Gasteiger charge is -2.14. The molecule has 2 N–H and O–H groups in total. The Kier molecular flexibility index (Phi) is 6.71. The van der Waals surface area contributed by atoms with Crippen molar-refractivity contribution in [2.75, 3.05) is 5.32 Å². The minimum atomic E-state index is -0.825. The molecule has 0 aliphatic heterocycles. The van der Waals surface area contributed by atoms with Crippen LogP contribution in [-0.4, -0.2) is 23.1 Å². The summed E-state index contributed by atoms with van der Waals surface area (Å²) >= 11 is 0. The average Bonchev–Trinajstić information content (AvgIpc) is 2.60. The van der Waals surface area contributed by atoms with Crippen LogP contribution in [0.1, 0.15) is 37.3 Å². The second-order valence-corrected chi connectivity index (χ2v) is 6.05. The van der Waals surface area contributed by atoms with Crippen LogP contribution in [0.25, 0.3) is 0 Å². The molecule has 0 spiro atoms. The monoisotopic (exact) mass is 341 g/mol. The summed E-state index contributed by atoms with van der Waals surface area (Å²) in [6.45, 7) is 3.95. The van der Waals surface area contributed by atoms with Gasteiger partial charge in [0, 0.05) is 5.69 Å². The predicted molar refractivity (Wildman–Crippen MR) is 96.4 cm³/mol. The molecular weight excluding hydrogens is 318 g/mol. The zero-order valence-electron chi connectivity index (χ0n) is 14.4. The van der Waals surface area contributed by atoms with Crippen molar-refractivity contribution < 1.29 is 19.4 Å². The number of carboxylic acids is 1. The highest BCUT2D eigenvalue weighted by Crippen LogP contribution is 2.21. The van der Waals surface area contributed by atoms with Gasteiger partial charge < -0.3 is 15.2 Å². The van der Waals surface area contributed by atoms with Crippen LogP contribution in [0.4, 0.5) is 5.69 Å². The number of aliphatic carboxylic acids is 1. The highest BCUT2D eigenvalue weighted by molar-refractivity contribution is 5.93. The van der Waals surface area contributed by atoms with E-state index in [9.17, 15) is 9.59 Å². The van der Waals surface area contributed by atoms with Gasteiger partial charge in [0.1, 0.15) is 6.10 Å². The Morgan fingerprint density at radius 2 is 1.68 bits per heavy atom. The maximum absolute atomic E-state index is 12.2. The van der Waals surface area contributed by atoms with E-state index in [0.29, 0.717) is 12.3 Å². The number of carboxylic acid groups (broad SMARTS) is 1. The molecule has 0 fully saturated rings. The smallest absolute Gasteiger partial charge is 0.303 e. The fraction of sp³-hybridized carbons (Fsp3) is 0.300. The zero-order valence-corrected chi connectivity index (χ0v) is 14.4. The molecule has 2 rings (SSSR count). The van der Waals surface area contributed by atoms with Gasteiger partial charge in [-0.2, -0.15) is 0 Å². The van der Waals surface area contributed by atoms with Crippen LogP contribution in [0, 0.1) is 0 Å². The Morgan fingerprint density at radius 3 is 2.28 bits per heavy atom. The third-order valence-corrected chi connectivity index (χ3v) is 3.94. The second kappa shape index (κ2) is 8.99. The van der Waals surface area contributed by atoms with Gasteiger partial charge in [-0.15, -0.1) is 0 Å². The van der Waals surface area contributed by atoms with Crippen molar-refractivity contribution in [3.05, 3.63) is 65.7 Å². The number of carbonyl (C=O) groups is 2. The van der Waals surface area contributed by atoms with Crippen LogP contribution < -0.4 is 5.32 Å². The number of hydrogen-bond donors (Lipinski definition) is 2. The van der Waals surface area contributed by atoms with Gasteiger partial charge >= 0.3 is 5.97 Å². The van der Waals surface area contributed by atoms with Gasteiger partial charge in [-0.3, -0.25) is 9.59 Å². The number of carbonyl (C=O) groups excluding carboxylic acids is 1. The molecule has 5 nitrogen and oxygen atoms in total. The summed E-state index contributed by atoms with van der Waals surface area (Å²) in [5, 5.41) is 11.6. The van der Waals surface area contributed by atoms with Crippen LogP contribution in [0.3, 0.4) is 0 Å². The van der Waals surface area contributed by atoms with Gasteiger partial charge in [-0.1, -0.05) is 49.4 Å². The molecule has 25 heavy (non-hydrogen) atoms. The van der Waals surface area contributed by atoms with E-state index < -0.39 is 12.1 Å². The van der Waals surface area contributed by atoms with Crippen molar-refractivity contribution in [2.45, 2.75) is 38.9 Å². The van der Waals surface area contributed by atoms with Gasteiger partial charge in [-0.25, -0.2) is 0 Å². The first-order valence-corrected chi connectivity index (χ1v) is 8.24. The maximum atomic E-state index is 12.2. The van der Waals surface area contributed by atoms with Crippen molar-refractivity contribution in [3.8, 4) is 0 Å². The Labute approximate surface area is 147 Å². The van der Waals surface area contributed by atoms with Crippen LogP contribution in [0.15, 0.2) is 54.6 Å². The van der Waals surface area contributed by atoms with E-state index in [4.69, 9.17) is 9.84 Å². The summed E-state index contributed by atoms with van der Waals surface area (Å²) in [6, 6.07) is 16.9. The van der Waals surface area contributed by atoms with E-state index in [2.05, 4.69) is 5.32 Å². The van der Waals surface area contributed by atoms with E-state index >= 15 is 0 Å². The van der Waals surface area contributed by atoms with Gasteiger partial charge in [0.05, 0.1) is 13.0 Å². The topological polar surface area (TPSA) is 75.6 Å². The molecule has 0 aliphatic rings. The Balaban J connectivity index is 1.86. The second-order valence-electron chi connectivity index (χ2n) is 6.05. The SMILES string of the molecule is CC(OCc1ccccc1)C(=O)Nc1ccc(C(C)CC(=O)O)cc1. The quantitative estimate of drug-likeness (QED) is 0.765. The molecule has 0 saturated carbocycles. The normalized spacial score (nSPS) is 13.0. The number of nitrogens with one attached hydrogen (secondary N) is 1. The number of ether oxygens (including phenoxy) is 1. The molecule has 2 aromatic rings. The summed E-state index contributed by atoms with van der Waals surface area (Å²) < 4.78 is 5.59. The molecule has 1 amide bonds. The van der Waals surface area contributed by atoms with Crippen LogP contribution in [-0.2, 0) is 20.9 Å². The summed E-state index contributed by atoms with van der Waals surface area (Å²) in [5.74, 6) is -1.12. The van der Waals surface area contributed by atoms with Crippen molar-refractivity contribution in [3.63, 3.8) is 0 Å². The minimum absolute atomic E-state index is 0.0737. The van der Waals surface area contributed by atoms with Crippen LogP contribution in [0.2, 0.25) is 0 Å². The van der Waals surface area contributed by atoms with E-state index in [-0.39, 0.29) is 18.2 Å². The van der Waals surface area contributed by atoms with Crippen molar-refractivity contribution in [2.24, 2.45) is 0 Å². The van der Waals surface area contributed by atoms with Crippen molar-refractivity contribution in [1.29, 1.82) is 0 Å². The summed E-state index contributed by atoms with van der Waals surface area (Å²) in [6.07, 6.45) is -0.499. The largest absolute Gasteiger partial charge is 0.481 e. The molecule has 2 unspecified atom stereocenters. The van der Waals surface area contributed by atoms with Crippen molar-refractivity contribution in [1.82, 2.24) is 0 Å². The van der Waals surface area contributed by atoms with Gasteiger partial charge in [0.2, 0.25) is 0 Å². The minimum Gasteiger partial charge on any atom is -0.481 e. The number of rotatable bonds is 8. The third kappa shape index (κ3) is 6.04. The Hall–Kier alpha value is -2.66. The standard InChI is InChI=1S/C20H23NO4/c1-14(12-19(22)23)17-8-10-18(11-9-17)21-20(24)15(2)25-13-16-6-4-3-5-7-16/h3-11,14-15H,12-13H2,1-2H3,(H,21,24)(H,22,23). The van der Waals surface area contributed by atoms with Crippen molar-refractivity contribution >= 4 is 17.6 Å². The number of hydrogen-bond acceptors (Lipinski definition) is 3. The molecule has 0 saturated heterocycles. The number of amides is 1. The Bertz CT molecular complexity index is 697. The summed E-state index contributed by atoms with van der Waals surface area (Å²) in [4.78, 5) is 22.9. The number of anilines is 1. The van der Waals surface area contributed by atoms with E-state index in [1.165, 1.54) is 0 Å². The van der Waals surface area contributed by atoms with Crippen LogP contribution >= 0.6 is 0 Å². The maximum Gasteiger partial charge on any atom is 0.303 e. The lowest BCUT2D eigenvalue weighted by atomic mass is 9.98. The molecule has 0 heterocycles. The molecule has 0 aromatic heterocycles. The van der Waals surface area contributed by atoms with Gasteiger partial charge in [0.15, 0.2) is 0 Å². The fourth-order valence-corrected chi connectivity index (χ4v) is 2.39. The summed E-state index contributed by atoms with van der Waals surface area (Å²) in [7, 11) is 0. The fourth-order valence-electron chi connectivity index (χ4n) is 2.39. The first-order valence-electron chi connectivity index (χ1n) is 8.24. The first kappa shape index (κ1) is 18.7. The molecule has 132 valence electrons. The zero-order chi connectivity index (χ0) is 18.2. The molecule has 2 aromatic carbocycles. The Morgan fingerprint density at radius 1 is 1.04 bits per heavy atom. The van der Waals surface area contributed by atoms with Gasteiger partial charge in [0.25, 0.3) is 5.91 Å². The van der Waals surface area contributed by atoms with E-state index in [1.807, 2.05) is 49.4 Å². The lowest BCUT2D eigenvalue weighted by Crippen LogP contribution is -2.27. The molecule has 0 bridgehead atoms. The highest BCUT2D eigenvalue weighted by Gasteiger charge is 2.14. The van der Waals surface area contributed by atoms with E-state index in [0.717, 1.165) is 11.1 Å². The molecule has 0 aliphatic carbocycles. The first-order chi connectivity index (χ1) is 12.0. The van der Waals surface area contributed by atoms with Crippen LogP contribution in [0.5, 0.6) is 0 Å². The average molecular weight is 341 g/mol. The molecule has 5 heteroatoms. The molecule has 0 radical (unpaired) electrons.